The Bertz CT molecular complexity index is 962. The second-order valence-corrected chi connectivity index (χ2v) is 5.83. The maximum Gasteiger partial charge on any atom is 0.252 e. The van der Waals surface area contributed by atoms with Gasteiger partial charge in [0.15, 0.2) is 11.6 Å². The number of benzene rings is 2. The molecule has 8 nitrogen and oxygen atoms in total. The number of halogens is 2. The number of guanidine groups is 2. The lowest BCUT2D eigenvalue weighted by Gasteiger charge is -2.07. The van der Waals surface area contributed by atoms with Gasteiger partial charge >= 0.3 is 0 Å². The highest BCUT2D eigenvalue weighted by atomic mass is 19.2. The van der Waals surface area contributed by atoms with E-state index in [-0.39, 0.29) is 24.0 Å². The minimum Gasteiger partial charge on any atom is -0.369 e. The summed E-state index contributed by atoms with van der Waals surface area (Å²) in [6, 6.07) is 11.0. The molecule has 2 aromatic carbocycles. The zero-order valence-electron chi connectivity index (χ0n) is 14.4. The van der Waals surface area contributed by atoms with Gasteiger partial charge in [0.1, 0.15) is 6.04 Å². The van der Waals surface area contributed by atoms with Crippen molar-refractivity contribution in [3.05, 3.63) is 60.2 Å². The van der Waals surface area contributed by atoms with Crippen LogP contribution in [0, 0.1) is 11.6 Å². The fraction of sp³-hybridized carbons (Fsp3) is 0.111. The molecule has 0 aliphatic carbocycles. The van der Waals surface area contributed by atoms with Gasteiger partial charge in [-0.3, -0.25) is 14.9 Å². The number of aliphatic imine (C=N–C) groups is 2. The fourth-order valence-corrected chi connectivity index (χ4v) is 2.40. The molecule has 0 fully saturated rings. The molecule has 1 heterocycles. The van der Waals surface area contributed by atoms with Gasteiger partial charge in [0.2, 0.25) is 17.8 Å². The first kappa shape index (κ1) is 19.0. The smallest absolute Gasteiger partial charge is 0.252 e. The van der Waals surface area contributed by atoms with Crippen LogP contribution < -0.4 is 21.7 Å². The Morgan fingerprint density at radius 1 is 1.11 bits per heavy atom. The van der Waals surface area contributed by atoms with E-state index in [1.165, 1.54) is 6.07 Å². The number of hydrogen-bond donors (Lipinski definition) is 4. The van der Waals surface area contributed by atoms with Crippen LogP contribution >= 0.6 is 0 Å². The molecule has 0 radical (unpaired) electrons. The van der Waals surface area contributed by atoms with Crippen LogP contribution in [-0.4, -0.2) is 29.8 Å². The highest BCUT2D eigenvalue weighted by molar-refractivity contribution is 6.11. The Morgan fingerprint density at radius 3 is 2.57 bits per heavy atom. The Kier molecular flexibility index (Phi) is 5.58. The number of nitrogens with two attached hydrogens (primary N) is 1. The predicted molar refractivity (Wildman–Crippen MR) is 101 cm³/mol. The van der Waals surface area contributed by atoms with Gasteiger partial charge < -0.3 is 16.4 Å². The molecular weight excluding hydrogens is 370 g/mol. The van der Waals surface area contributed by atoms with Crippen molar-refractivity contribution in [3.63, 3.8) is 0 Å². The van der Waals surface area contributed by atoms with Gasteiger partial charge in [0.25, 0.3) is 5.91 Å². The number of nitrogens with one attached hydrogen (secondary N) is 3. The number of para-hydroxylation sites is 1. The van der Waals surface area contributed by atoms with Crippen LogP contribution in [0.1, 0.15) is 6.42 Å². The number of amides is 2. The lowest BCUT2D eigenvalue weighted by molar-refractivity contribution is -0.123. The van der Waals surface area contributed by atoms with E-state index in [0.717, 1.165) is 12.1 Å². The minimum absolute atomic E-state index is 0.0112. The summed E-state index contributed by atoms with van der Waals surface area (Å²) in [7, 11) is 0. The number of hydrogen-bond acceptors (Lipinski definition) is 4. The second kappa shape index (κ2) is 8.25. The van der Waals surface area contributed by atoms with Gasteiger partial charge in [-0.1, -0.05) is 18.2 Å². The molecule has 1 atom stereocenters. The Balaban J connectivity index is 1.60. The van der Waals surface area contributed by atoms with Gasteiger partial charge in [-0.05, 0) is 24.3 Å². The molecule has 144 valence electrons. The number of carbonyl (C=O) groups excluding carboxylic acids is 2. The molecule has 2 amide bonds. The van der Waals surface area contributed by atoms with E-state index in [0.29, 0.717) is 5.69 Å². The summed E-state index contributed by atoms with van der Waals surface area (Å²) >= 11 is 0. The third-order valence-corrected chi connectivity index (χ3v) is 3.67. The van der Waals surface area contributed by atoms with Crippen molar-refractivity contribution >= 4 is 35.1 Å². The molecule has 10 heteroatoms. The van der Waals surface area contributed by atoms with E-state index in [1.807, 2.05) is 18.2 Å². The summed E-state index contributed by atoms with van der Waals surface area (Å²) in [5.74, 6) is -3.25. The molecule has 2 aromatic rings. The Labute approximate surface area is 158 Å². The van der Waals surface area contributed by atoms with Crippen molar-refractivity contribution in [2.75, 3.05) is 10.6 Å². The van der Waals surface area contributed by atoms with Crippen LogP contribution in [0.5, 0.6) is 0 Å². The molecule has 0 spiro atoms. The third-order valence-electron chi connectivity index (χ3n) is 3.67. The topological polar surface area (TPSA) is 121 Å². The summed E-state index contributed by atoms with van der Waals surface area (Å²) in [6.45, 7) is 0. The maximum absolute atomic E-state index is 13.2. The fourth-order valence-electron chi connectivity index (χ4n) is 2.40. The van der Waals surface area contributed by atoms with Crippen LogP contribution in [0.25, 0.3) is 0 Å². The molecule has 0 bridgehead atoms. The first-order valence-corrected chi connectivity index (χ1v) is 8.20. The lowest BCUT2D eigenvalue weighted by Crippen LogP contribution is -2.32. The van der Waals surface area contributed by atoms with E-state index in [2.05, 4.69) is 25.9 Å². The molecule has 3 rings (SSSR count). The zero-order chi connectivity index (χ0) is 20.1. The largest absolute Gasteiger partial charge is 0.369 e. The standard InChI is InChI=1S/C18H16F2N6O2/c19-12-7-6-11(8-13(12)20)22-15(27)9-14-16(28)25-18(24-14)26-17(21)23-10-4-2-1-3-5-10/h1-8,14H,9H2,(H,22,27)(H4,21,23,24,25,26,28)/t14-/m0/s1. The minimum atomic E-state index is -1.09. The lowest BCUT2D eigenvalue weighted by atomic mass is 10.2. The normalized spacial score (nSPS) is 16.4. The molecule has 0 aromatic heterocycles. The van der Waals surface area contributed by atoms with Crippen molar-refractivity contribution in [2.24, 2.45) is 15.7 Å². The number of nitrogens with zero attached hydrogens (tertiary/aromatic N) is 2. The summed E-state index contributed by atoms with van der Waals surface area (Å²) in [5, 5.41) is 7.63. The molecule has 28 heavy (non-hydrogen) atoms. The average Bonchev–Trinajstić information content (AvgIpc) is 2.97. The first-order chi connectivity index (χ1) is 13.4. The summed E-state index contributed by atoms with van der Waals surface area (Å²) in [5.41, 5.74) is 6.54. The molecule has 0 saturated carbocycles. The van der Waals surface area contributed by atoms with Crippen molar-refractivity contribution in [1.82, 2.24) is 5.32 Å². The van der Waals surface area contributed by atoms with Gasteiger partial charge in [-0.25, -0.2) is 13.8 Å². The van der Waals surface area contributed by atoms with Crippen molar-refractivity contribution in [1.29, 1.82) is 0 Å². The molecule has 5 N–H and O–H groups in total. The number of rotatable bonds is 4. The van der Waals surface area contributed by atoms with E-state index >= 15 is 0 Å². The molecular formula is C18H16F2N6O2. The summed E-state index contributed by atoms with van der Waals surface area (Å²) in [4.78, 5) is 32.0. The van der Waals surface area contributed by atoms with E-state index in [4.69, 9.17) is 5.73 Å². The van der Waals surface area contributed by atoms with E-state index < -0.39 is 29.5 Å². The number of carbonyl (C=O) groups is 2. The summed E-state index contributed by atoms with van der Waals surface area (Å²) < 4.78 is 26.1. The average molecular weight is 386 g/mol. The van der Waals surface area contributed by atoms with Crippen LogP contribution in [0.15, 0.2) is 58.5 Å². The van der Waals surface area contributed by atoms with Gasteiger partial charge in [0.05, 0.1) is 6.42 Å². The van der Waals surface area contributed by atoms with Crippen LogP contribution in [0.2, 0.25) is 0 Å². The summed E-state index contributed by atoms with van der Waals surface area (Å²) in [6.07, 6.45) is -0.296. The molecule has 1 aliphatic rings. The van der Waals surface area contributed by atoms with E-state index in [9.17, 15) is 18.4 Å². The SMILES string of the molecule is NC(=NC1=N[C@@H](CC(=O)Nc2ccc(F)c(F)c2)C(=O)N1)Nc1ccccc1. The van der Waals surface area contributed by atoms with Crippen molar-refractivity contribution in [2.45, 2.75) is 12.5 Å². The van der Waals surface area contributed by atoms with Crippen molar-refractivity contribution < 1.29 is 18.4 Å². The van der Waals surface area contributed by atoms with Gasteiger partial charge in [-0.2, -0.15) is 4.99 Å². The monoisotopic (exact) mass is 386 g/mol. The highest BCUT2D eigenvalue weighted by Crippen LogP contribution is 2.14. The van der Waals surface area contributed by atoms with Crippen LogP contribution in [0.3, 0.4) is 0 Å². The first-order valence-electron chi connectivity index (χ1n) is 8.20. The third kappa shape index (κ3) is 4.87. The predicted octanol–water partition coefficient (Wildman–Crippen LogP) is 1.57. The van der Waals surface area contributed by atoms with Gasteiger partial charge in [0, 0.05) is 17.4 Å². The van der Waals surface area contributed by atoms with E-state index in [1.54, 1.807) is 12.1 Å². The zero-order valence-corrected chi connectivity index (χ0v) is 14.4. The highest BCUT2D eigenvalue weighted by Gasteiger charge is 2.28. The van der Waals surface area contributed by atoms with Crippen molar-refractivity contribution in [3.8, 4) is 0 Å². The Morgan fingerprint density at radius 2 is 1.86 bits per heavy atom. The number of anilines is 2. The Hall–Kier alpha value is -3.82. The molecule has 0 saturated heterocycles. The molecule has 0 unspecified atom stereocenters. The van der Waals surface area contributed by atoms with Crippen LogP contribution in [-0.2, 0) is 9.59 Å². The maximum atomic E-state index is 13.2. The van der Waals surface area contributed by atoms with Crippen LogP contribution in [0.4, 0.5) is 20.2 Å². The van der Waals surface area contributed by atoms with Gasteiger partial charge in [-0.15, -0.1) is 0 Å². The second-order valence-electron chi connectivity index (χ2n) is 5.83. The quantitative estimate of drug-likeness (QED) is 0.471. The molecule has 1 aliphatic heterocycles.